The number of fused-ring (bicyclic) bond motifs is 1. The molecule has 2 heterocycles. The molecule has 0 spiro atoms. The second-order valence-corrected chi connectivity index (χ2v) is 5.40. The molecule has 106 valence electrons. The van der Waals surface area contributed by atoms with Crippen molar-refractivity contribution in [2.75, 3.05) is 38.5 Å². The molecule has 0 aliphatic carbocycles. The zero-order valence-electron chi connectivity index (χ0n) is 11.2. The number of carbonyl (C=O) groups excluding carboxylic acids is 1. The number of piperazine rings is 1. The first-order valence-electron chi connectivity index (χ1n) is 6.51. The van der Waals surface area contributed by atoms with Gasteiger partial charge in [-0.15, -0.1) is 0 Å². The predicted molar refractivity (Wildman–Crippen MR) is 79.2 cm³/mol. The summed E-state index contributed by atoms with van der Waals surface area (Å²) in [6.45, 7) is 3.25. The Balaban J connectivity index is 1.71. The van der Waals surface area contributed by atoms with Gasteiger partial charge in [0.15, 0.2) is 0 Å². The standard InChI is InChI=1S/C13H16ClN5O/c1-18-4-6-19(7-5-18)13(20)17-12-15-10-3-2-9(14)8-11(10)16-12/h2-3,8H,4-7H2,1H3,(H2,15,16,17,20). The molecule has 20 heavy (non-hydrogen) atoms. The van der Waals surface area contributed by atoms with Crippen molar-refractivity contribution in [2.24, 2.45) is 0 Å². The number of H-pyrrole nitrogens is 1. The molecule has 0 saturated carbocycles. The zero-order valence-corrected chi connectivity index (χ0v) is 11.9. The van der Waals surface area contributed by atoms with Crippen molar-refractivity contribution in [1.82, 2.24) is 19.8 Å². The van der Waals surface area contributed by atoms with Crippen LogP contribution in [0.5, 0.6) is 0 Å². The third-order valence-corrected chi connectivity index (χ3v) is 3.69. The number of hydrogen-bond donors (Lipinski definition) is 2. The van der Waals surface area contributed by atoms with Gasteiger partial charge in [0.1, 0.15) is 0 Å². The first-order valence-corrected chi connectivity index (χ1v) is 6.89. The summed E-state index contributed by atoms with van der Waals surface area (Å²) in [4.78, 5) is 23.5. The summed E-state index contributed by atoms with van der Waals surface area (Å²) in [5.74, 6) is 0.450. The Labute approximate surface area is 121 Å². The fourth-order valence-corrected chi connectivity index (χ4v) is 2.40. The molecule has 0 bridgehead atoms. The van der Waals surface area contributed by atoms with Gasteiger partial charge in [-0.25, -0.2) is 9.78 Å². The number of halogens is 1. The second kappa shape index (κ2) is 5.30. The Kier molecular flexibility index (Phi) is 3.50. The third kappa shape index (κ3) is 2.71. The molecule has 1 aromatic heterocycles. The normalized spacial score (nSPS) is 16.6. The van der Waals surface area contributed by atoms with Crippen molar-refractivity contribution < 1.29 is 4.79 Å². The van der Waals surface area contributed by atoms with Gasteiger partial charge in [-0.2, -0.15) is 0 Å². The topological polar surface area (TPSA) is 64.3 Å². The molecule has 1 fully saturated rings. The molecule has 2 N–H and O–H groups in total. The smallest absolute Gasteiger partial charge is 0.324 e. The lowest BCUT2D eigenvalue weighted by atomic mass is 10.3. The van der Waals surface area contributed by atoms with Crippen molar-refractivity contribution >= 4 is 34.6 Å². The van der Waals surface area contributed by atoms with E-state index in [1.165, 1.54) is 0 Å². The Hall–Kier alpha value is -1.79. The van der Waals surface area contributed by atoms with Gasteiger partial charge in [-0.05, 0) is 25.2 Å². The molecule has 7 heteroatoms. The van der Waals surface area contributed by atoms with Crippen LogP contribution >= 0.6 is 11.6 Å². The van der Waals surface area contributed by atoms with Crippen LogP contribution in [0, 0.1) is 0 Å². The molecule has 6 nitrogen and oxygen atoms in total. The highest BCUT2D eigenvalue weighted by molar-refractivity contribution is 6.31. The first-order chi connectivity index (χ1) is 9.61. The van der Waals surface area contributed by atoms with E-state index in [4.69, 9.17) is 11.6 Å². The van der Waals surface area contributed by atoms with Crippen molar-refractivity contribution in [3.05, 3.63) is 23.2 Å². The van der Waals surface area contributed by atoms with Crippen molar-refractivity contribution in [3.8, 4) is 0 Å². The largest absolute Gasteiger partial charge is 0.324 e. The number of imidazole rings is 1. The summed E-state index contributed by atoms with van der Waals surface area (Å²) in [7, 11) is 2.05. The molecule has 1 aliphatic rings. The van der Waals surface area contributed by atoms with Crippen molar-refractivity contribution in [2.45, 2.75) is 0 Å². The summed E-state index contributed by atoms with van der Waals surface area (Å²) < 4.78 is 0. The molecule has 0 atom stereocenters. The molecule has 3 rings (SSSR count). The van der Waals surface area contributed by atoms with E-state index in [1.807, 2.05) is 6.07 Å². The fraction of sp³-hybridized carbons (Fsp3) is 0.385. The van der Waals surface area contributed by atoms with Gasteiger partial charge >= 0.3 is 6.03 Å². The minimum atomic E-state index is -0.122. The SMILES string of the molecule is CN1CCN(C(=O)Nc2nc3ccc(Cl)cc3[nH]2)CC1. The molecule has 1 aliphatic heterocycles. The number of benzene rings is 1. The van der Waals surface area contributed by atoms with Crippen LogP contribution in [0.2, 0.25) is 5.02 Å². The summed E-state index contributed by atoms with van der Waals surface area (Å²) in [6, 6.07) is 5.26. The number of aromatic amines is 1. The average Bonchev–Trinajstić information content (AvgIpc) is 2.80. The zero-order chi connectivity index (χ0) is 14.1. The molecule has 2 aromatic rings. The molecular formula is C13H16ClN5O. The van der Waals surface area contributed by atoms with Crippen LogP contribution in [0.15, 0.2) is 18.2 Å². The van der Waals surface area contributed by atoms with Crippen LogP contribution in [-0.2, 0) is 0 Å². The van der Waals surface area contributed by atoms with Gasteiger partial charge < -0.3 is 14.8 Å². The van der Waals surface area contributed by atoms with Crippen LogP contribution in [0.4, 0.5) is 10.7 Å². The number of amides is 2. The monoisotopic (exact) mass is 293 g/mol. The minimum absolute atomic E-state index is 0.122. The number of anilines is 1. The lowest BCUT2D eigenvalue weighted by Crippen LogP contribution is -2.48. The van der Waals surface area contributed by atoms with Gasteiger partial charge in [-0.3, -0.25) is 5.32 Å². The highest BCUT2D eigenvalue weighted by atomic mass is 35.5. The van der Waals surface area contributed by atoms with Crippen LogP contribution < -0.4 is 5.32 Å². The summed E-state index contributed by atoms with van der Waals surface area (Å²) >= 11 is 5.92. The van der Waals surface area contributed by atoms with E-state index >= 15 is 0 Å². The number of nitrogens with one attached hydrogen (secondary N) is 2. The maximum absolute atomic E-state index is 12.1. The van der Waals surface area contributed by atoms with Crippen LogP contribution in [0.25, 0.3) is 11.0 Å². The number of aromatic nitrogens is 2. The number of nitrogens with zero attached hydrogens (tertiary/aromatic N) is 3. The Morgan fingerprint density at radius 2 is 2.10 bits per heavy atom. The third-order valence-electron chi connectivity index (χ3n) is 3.46. The lowest BCUT2D eigenvalue weighted by molar-refractivity contribution is 0.164. The second-order valence-electron chi connectivity index (χ2n) is 4.97. The Bertz CT molecular complexity index is 633. The molecular weight excluding hydrogens is 278 g/mol. The number of urea groups is 1. The predicted octanol–water partition coefficient (Wildman–Crippen LogP) is 2.00. The van der Waals surface area contributed by atoms with Gasteiger partial charge in [0.2, 0.25) is 5.95 Å². The van der Waals surface area contributed by atoms with E-state index in [9.17, 15) is 4.79 Å². The number of rotatable bonds is 1. The number of likely N-dealkylation sites (N-methyl/N-ethyl adjacent to an activating group) is 1. The fourth-order valence-electron chi connectivity index (χ4n) is 2.23. The van der Waals surface area contributed by atoms with E-state index in [2.05, 4.69) is 27.2 Å². The Morgan fingerprint density at radius 1 is 1.35 bits per heavy atom. The van der Waals surface area contributed by atoms with Gasteiger partial charge in [0, 0.05) is 31.2 Å². The number of carbonyl (C=O) groups is 1. The molecule has 0 unspecified atom stereocenters. The van der Waals surface area contributed by atoms with E-state index in [0.29, 0.717) is 11.0 Å². The van der Waals surface area contributed by atoms with Gasteiger partial charge in [0.05, 0.1) is 11.0 Å². The molecule has 0 radical (unpaired) electrons. The molecule has 1 aromatic carbocycles. The summed E-state index contributed by atoms with van der Waals surface area (Å²) in [5, 5.41) is 3.43. The molecule has 1 saturated heterocycles. The van der Waals surface area contributed by atoms with Crippen molar-refractivity contribution in [3.63, 3.8) is 0 Å². The quantitative estimate of drug-likeness (QED) is 0.845. The highest BCUT2D eigenvalue weighted by Gasteiger charge is 2.19. The van der Waals surface area contributed by atoms with Crippen LogP contribution in [-0.4, -0.2) is 59.0 Å². The van der Waals surface area contributed by atoms with Crippen molar-refractivity contribution in [1.29, 1.82) is 0 Å². The van der Waals surface area contributed by atoms with E-state index in [0.717, 1.165) is 37.2 Å². The summed E-state index contributed by atoms with van der Waals surface area (Å²) in [6.07, 6.45) is 0. The van der Waals surface area contributed by atoms with Gasteiger partial charge in [-0.1, -0.05) is 11.6 Å². The maximum atomic E-state index is 12.1. The number of hydrogen-bond acceptors (Lipinski definition) is 3. The first kappa shape index (κ1) is 13.2. The maximum Gasteiger partial charge on any atom is 0.324 e. The van der Waals surface area contributed by atoms with E-state index in [-0.39, 0.29) is 6.03 Å². The highest BCUT2D eigenvalue weighted by Crippen LogP contribution is 2.19. The lowest BCUT2D eigenvalue weighted by Gasteiger charge is -2.32. The van der Waals surface area contributed by atoms with Gasteiger partial charge in [0.25, 0.3) is 0 Å². The minimum Gasteiger partial charge on any atom is -0.324 e. The van der Waals surface area contributed by atoms with E-state index in [1.54, 1.807) is 17.0 Å². The van der Waals surface area contributed by atoms with Crippen LogP contribution in [0.1, 0.15) is 0 Å². The average molecular weight is 294 g/mol. The molecule has 2 amide bonds. The van der Waals surface area contributed by atoms with E-state index < -0.39 is 0 Å². The summed E-state index contributed by atoms with van der Waals surface area (Å²) in [5.41, 5.74) is 1.59. The van der Waals surface area contributed by atoms with Crippen LogP contribution in [0.3, 0.4) is 0 Å². The Morgan fingerprint density at radius 3 is 2.85 bits per heavy atom.